The van der Waals surface area contributed by atoms with Gasteiger partial charge in [-0.1, -0.05) is 6.92 Å². The van der Waals surface area contributed by atoms with Crippen molar-refractivity contribution in [2.45, 2.75) is 45.2 Å². The van der Waals surface area contributed by atoms with Gasteiger partial charge in [0.2, 0.25) is 0 Å². The molecule has 1 saturated heterocycles. The van der Waals surface area contributed by atoms with Crippen LogP contribution in [0.3, 0.4) is 0 Å². The SMILES string of the molecule is CCOC(=O)C(CCN(C)C1CCN(CC)CC1)NC. The fourth-order valence-electron chi connectivity index (χ4n) is 2.81. The number of nitrogens with one attached hydrogen (secondary N) is 1. The van der Waals surface area contributed by atoms with Crippen LogP contribution in [-0.4, -0.2) is 74.7 Å². The van der Waals surface area contributed by atoms with Crippen molar-refractivity contribution in [3.8, 4) is 0 Å². The first kappa shape index (κ1) is 17.4. The lowest BCUT2D eigenvalue weighted by molar-refractivity contribution is -0.145. The third-order valence-corrected chi connectivity index (χ3v) is 4.32. The molecule has 1 rings (SSSR count). The third-order valence-electron chi connectivity index (χ3n) is 4.32. The lowest BCUT2D eigenvalue weighted by Gasteiger charge is -2.36. The first-order valence-corrected chi connectivity index (χ1v) is 7.88. The molecule has 5 nitrogen and oxygen atoms in total. The van der Waals surface area contributed by atoms with Crippen LogP contribution in [-0.2, 0) is 9.53 Å². The molecule has 5 heteroatoms. The van der Waals surface area contributed by atoms with Crippen LogP contribution in [0, 0.1) is 0 Å². The highest BCUT2D eigenvalue weighted by atomic mass is 16.5. The summed E-state index contributed by atoms with van der Waals surface area (Å²) in [7, 11) is 3.99. The van der Waals surface area contributed by atoms with E-state index < -0.39 is 0 Å². The number of carbonyl (C=O) groups excluding carboxylic acids is 1. The van der Waals surface area contributed by atoms with Crippen molar-refractivity contribution in [2.75, 3.05) is 46.9 Å². The largest absolute Gasteiger partial charge is 0.465 e. The second-order valence-corrected chi connectivity index (χ2v) is 5.53. The van der Waals surface area contributed by atoms with E-state index in [1.165, 1.54) is 25.9 Å². The zero-order chi connectivity index (χ0) is 15.0. The Bertz CT molecular complexity index is 278. The maximum absolute atomic E-state index is 11.7. The second-order valence-electron chi connectivity index (χ2n) is 5.53. The summed E-state index contributed by atoms with van der Waals surface area (Å²) >= 11 is 0. The van der Waals surface area contributed by atoms with Gasteiger partial charge in [0, 0.05) is 12.6 Å². The van der Waals surface area contributed by atoms with Gasteiger partial charge in [0.25, 0.3) is 0 Å². The highest BCUT2D eigenvalue weighted by molar-refractivity contribution is 5.75. The Kier molecular flexibility index (Phi) is 8.11. The number of esters is 1. The van der Waals surface area contributed by atoms with Crippen LogP contribution in [0.15, 0.2) is 0 Å². The molecule has 0 saturated carbocycles. The van der Waals surface area contributed by atoms with Gasteiger partial charge in [0.1, 0.15) is 6.04 Å². The van der Waals surface area contributed by atoms with Crippen molar-refractivity contribution in [3.63, 3.8) is 0 Å². The van der Waals surface area contributed by atoms with Gasteiger partial charge in [-0.2, -0.15) is 0 Å². The first-order valence-electron chi connectivity index (χ1n) is 7.88. The molecule has 0 radical (unpaired) electrons. The van der Waals surface area contributed by atoms with E-state index in [1.807, 2.05) is 14.0 Å². The van der Waals surface area contributed by atoms with Gasteiger partial charge in [-0.05, 0) is 59.9 Å². The highest BCUT2D eigenvalue weighted by Crippen LogP contribution is 2.15. The number of likely N-dealkylation sites (tertiary alicyclic amines) is 1. The smallest absolute Gasteiger partial charge is 0.323 e. The van der Waals surface area contributed by atoms with Crippen molar-refractivity contribution in [3.05, 3.63) is 0 Å². The van der Waals surface area contributed by atoms with Crippen molar-refractivity contribution < 1.29 is 9.53 Å². The van der Waals surface area contributed by atoms with E-state index in [1.54, 1.807) is 0 Å². The van der Waals surface area contributed by atoms with Crippen LogP contribution in [0.25, 0.3) is 0 Å². The Balaban J connectivity index is 2.31. The van der Waals surface area contributed by atoms with Crippen LogP contribution >= 0.6 is 0 Å². The molecule has 0 aromatic heterocycles. The first-order chi connectivity index (χ1) is 9.62. The summed E-state index contributed by atoms with van der Waals surface area (Å²) in [6.45, 7) is 8.99. The number of hydrogen-bond acceptors (Lipinski definition) is 5. The molecule has 118 valence electrons. The average molecular weight is 285 g/mol. The van der Waals surface area contributed by atoms with E-state index in [0.29, 0.717) is 12.6 Å². The van der Waals surface area contributed by atoms with E-state index >= 15 is 0 Å². The molecule has 0 bridgehead atoms. The minimum absolute atomic E-state index is 0.135. The fourth-order valence-corrected chi connectivity index (χ4v) is 2.81. The van der Waals surface area contributed by atoms with Gasteiger partial charge in [-0.3, -0.25) is 4.79 Å². The van der Waals surface area contributed by atoms with E-state index in [4.69, 9.17) is 4.74 Å². The topological polar surface area (TPSA) is 44.8 Å². The Morgan fingerprint density at radius 1 is 1.40 bits per heavy atom. The molecule has 1 heterocycles. The van der Waals surface area contributed by atoms with E-state index in [-0.39, 0.29) is 12.0 Å². The normalized spacial score (nSPS) is 19.2. The summed E-state index contributed by atoms with van der Waals surface area (Å²) in [5.74, 6) is -0.135. The van der Waals surface area contributed by atoms with Crippen LogP contribution in [0.1, 0.15) is 33.1 Å². The second kappa shape index (κ2) is 9.32. The number of nitrogens with zero attached hydrogens (tertiary/aromatic N) is 2. The van der Waals surface area contributed by atoms with Crippen molar-refractivity contribution >= 4 is 5.97 Å². The Morgan fingerprint density at radius 3 is 2.55 bits per heavy atom. The zero-order valence-electron chi connectivity index (χ0n) is 13.5. The highest BCUT2D eigenvalue weighted by Gasteiger charge is 2.23. The molecule has 1 aliphatic heterocycles. The number of carbonyl (C=O) groups is 1. The number of likely N-dealkylation sites (N-methyl/N-ethyl adjacent to an activating group) is 1. The predicted molar refractivity (Wildman–Crippen MR) is 81.9 cm³/mol. The molecule has 1 N–H and O–H groups in total. The molecule has 0 spiro atoms. The summed E-state index contributed by atoms with van der Waals surface area (Å²) in [6, 6.07) is 0.464. The van der Waals surface area contributed by atoms with E-state index in [9.17, 15) is 4.79 Å². The van der Waals surface area contributed by atoms with Gasteiger partial charge in [0.15, 0.2) is 0 Å². The summed E-state index contributed by atoms with van der Waals surface area (Å²) in [5.41, 5.74) is 0. The van der Waals surface area contributed by atoms with Crippen LogP contribution in [0.4, 0.5) is 0 Å². The van der Waals surface area contributed by atoms with E-state index in [0.717, 1.165) is 19.5 Å². The maximum atomic E-state index is 11.7. The molecule has 1 aliphatic rings. The summed E-state index contributed by atoms with van der Waals surface area (Å²) < 4.78 is 5.07. The lowest BCUT2D eigenvalue weighted by Crippen LogP contribution is -2.45. The molecule has 1 atom stereocenters. The summed E-state index contributed by atoms with van der Waals surface area (Å²) in [4.78, 5) is 16.6. The molecule has 1 fully saturated rings. The number of ether oxygens (including phenoxy) is 1. The van der Waals surface area contributed by atoms with Gasteiger partial charge in [-0.25, -0.2) is 0 Å². The van der Waals surface area contributed by atoms with Gasteiger partial charge >= 0.3 is 5.97 Å². The van der Waals surface area contributed by atoms with Crippen LogP contribution in [0.2, 0.25) is 0 Å². The number of hydrogen-bond donors (Lipinski definition) is 1. The Labute approximate surface area is 123 Å². The average Bonchev–Trinajstić information content (AvgIpc) is 2.48. The molecule has 0 aliphatic carbocycles. The zero-order valence-corrected chi connectivity index (χ0v) is 13.5. The minimum atomic E-state index is -0.187. The molecule has 0 amide bonds. The standard InChI is InChI=1S/C15H31N3O2/c1-5-18-11-7-13(8-12-18)17(4)10-9-14(16-3)15(19)20-6-2/h13-14,16H,5-12H2,1-4H3. The Morgan fingerprint density at radius 2 is 2.05 bits per heavy atom. The monoisotopic (exact) mass is 285 g/mol. The molecular weight excluding hydrogens is 254 g/mol. The van der Waals surface area contributed by atoms with Gasteiger partial charge in [-0.15, -0.1) is 0 Å². The number of piperidine rings is 1. The van der Waals surface area contributed by atoms with Crippen LogP contribution < -0.4 is 5.32 Å². The summed E-state index contributed by atoms with van der Waals surface area (Å²) in [5, 5.41) is 3.05. The van der Waals surface area contributed by atoms with Gasteiger partial charge in [0.05, 0.1) is 6.61 Å². The number of rotatable bonds is 8. The molecule has 20 heavy (non-hydrogen) atoms. The third kappa shape index (κ3) is 5.38. The van der Waals surface area contributed by atoms with Gasteiger partial charge < -0.3 is 19.9 Å². The lowest BCUT2D eigenvalue weighted by atomic mass is 10.0. The molecule has 0 aromatic rings. The maximum Gasteiger partial charge on any atom is 0.323 e. The van der Waals surface area contributed by atoms with Crippen molar-refractivity contribution in [1.29, 1.82) is 0 Å². The van der Waals surface area contributed by atoms with Crippen LogP contribution in [0.5, 0.6) is 0 Å². The molecular formula is C15H31N3O2. The molecule has 1 unspecified atom stereocenters. The van der Waals surface area contributed by atoms with Crippen molar-refractivity contribution in [1.82, 2.24) is 15.1 Å². The van der Waals surface area contributed by atoms with Crippen molar-refractivity contribution in [2.24, 2.45) is 0 Å². The summed E-state index contributed by atoms with van der Waals surface area (Å²) in [6.07, 6.45) is 3.27. The molecule has 0 aromatic carbocycles. The fraction of sp³-hybridized carbons (Fsp3) is 0.933. The Hall–Kier alpha value is -0.650. The minimum Gasteiger partial charge on any atom is -0.465 e. The van der Waals surface area contributed by atoms with E-state index in [2.05, 4.69) is 29.1 Å². The predicted octanol–water partition coefficient (Wildman–Crippen LogP) is 0.944. The quantitative estimate of drug-likeness (QED) is 0.673.